The Labute approximate surface area is 129 Å². The van der Waals surface area contributed by atoms with E-state index in [1.54, 1.807) is 0 Å². The highest BCUT2D eigenvalue weighted by atomic mass is 16.4. The summed E-state index contributed by atoms with van der Waals surface area (Å²) in [6.45, 7) is 0. The highest BCUT2D eigenvalue weighted by Gasteiger charge is 2.30. The van der Waals surface area contributed by atoms with Gasteiger partial charge in [0.2, 0.25) is 0 Å². The van der Waals surface area contributed by atoms with Crippen LogP contribution in [-0.4, -0.2) is 27.9 Å². The number of hydrogen-bond donors (Lipinski definition) is 2. The molecule has 1 aromatic rings. The lowest BCUT2D eigenvalue weighted by Crippen LogP contribution is -2.23. The summed E-state index contributed by atoms with van der Waals surface area (Å²) in [7, 11) is 0. The summed E-state index contributed by atoms with van der Waals surface area (Å²) in [5, 5.41) is 17.6. The second-order valence-corrected chi connectivity index (χ2v) is 5.81. The van der Waals surface area contributed by atoms with Crippen LogP contribution in [0, 0.1) is 11.8 Å². The number of unbranched alkanes of at least 4 members (excludes halogenated alkanes) is 1. The Kier molecular flexibility index (Phi) is 5.31. The third kappa shape index (κ3) is 4.41. The summed E-state index contributed by atoms with van der Waals surface area (Å²) >= 11 is 0. The van der Waals surface area contributed by atoms with Crippen LogP contribution in [-0.2, 0) is 16.0 Å². The minimum atomic E-state index is -1.32. The van der Waals surface area contributed by atoms with Crippen molar-refractivity contribution in [2.75, 3.05) is 0 Å². The largest absolute Gasteiger partial charge is 0.481 e. The molecule has 5 heteroatoms. The average molecular weight is 304 g/mol. The molecule has 0 amide bonds. The maximum Gasteiger partial charge on any atom is 0.317 e. The van der Waals surface area contributed by atoms with E-state index in [1.807, 2.05) is 24.3 Å². The Hall–Kier alpha value is -2.17. The van der Waals surface area contributed by atoms with Crippen molar-refractivity contribution in [3.8, 4) is 0 Å². The highest BCUT2D eigenvalue weighted by molar-refractivity contribution is 5.99. The number of carbonyl (C=O) groups excluding carboxylic acids is 1. The average Bonchev–Trinajstić information content (AvgIpc) is 3.30. The lowest BCUT2D eigenvalue weighted by molar-refractivity contribution is -0.154. The minimum absolute atomic E-state index is 0.142. The van der Waals surface area contributed by atoms with Crippen molar-refractivity contribution in [2.24, 2.45) is 11.8 Å². The number of hydrogen-bond acceptors (Lipinski definition) is 3. The van der Waals surface area contributed by atoms with Crippen molar-refractivity contribution in [3.63, 3.8) is 0 Å². The predicted octanol–water partition coefficient (Wildman–Crippen LogP) is 2.78. The standard InChI is InChI=1S/C17H20O5/c18-15(13-9-10-13)12-7-5-11(6-8-12)3-1-2-4-14(16(19)20)17(21)22/h5-8,13-14H,1-4,9-10H2,(H,19,20)(H,21,22). The summed E-state index contributed by atoms with van der Waals surface area (Å²) in [5.74, 6) is -3.45. The van der Waals surface area contributed by atoms with Gasteiger partial charge in [-0.25, -0.2) is 0 Å². The minimum Gasteiger partial charge on any atom is -0.481 e. The summed E-state index contributed by atoms with van der Waals surface area (Å²) in [6, 6.07) is 7.52. The van der Waals surface area contributed by atoms with E-state index in [0.717, 1.165) is 36.8 Å². The smallest absolute Gasteiger partial charge is 0.317 e. The molecule has 1 fully saturated rings. The van der Waals surface area contributed by atoms with E-state index < -0.39 is 17.9 Å². The number of benzene rings is 1. The Morgan fingerprint density at radius 3 is 2.09 bits per heavy atom. The predicted molar refractivity (Wildman–Crippen MR) is 79.8 cm³/mol. The normalized spacial score (nSPS) is 14.0. The van der Waals surface area contributed by atoms with E-state index in [9.17, 15) is 14.4 Å². The van der Waals surface area contributed by atoms with E-state index in [-0.39, 0.29) is 18.1 Å². The van der Waals surface area contributed by atoms with Gasteiger partial charge in [-0.3, -0.25) is 14.4 Å². The molecule has 118 valence electrons. The summed E-state index contributed by atoms with van der Waals surface area (Å²) < 4.78 is 0. The molecule has 0 radical (unpaired) electrons. The Balaban J connectivity index is 1.76. The first-order valence-electron chi connectivity index (χ1n) is 7.58. The SMILES string of the molecule is O=C(c1ccc(CCCCC(C(=O)O)C(=O)O)cc1)C1CC1. The summed E-state index contributed by atoms with van der Waals surface area (Å²) in [6.07, 6.45) is 4.16. The molecule has 1 aromatic carbocycles. The second-order valence-electron chi connectivity index (χ2n) is 5.81. The monoisotopic (exact) mass is 304 g/mol. The third-order valence-electron chi connectivity index (χ3n) is 3.99. The number of carboxylic acids is 2. The molecule has 0 aromatic heterocycles. The van der Waals surface area contributed by atoms with Gasteiger partial charge in [-0.1, -0.05) is 30.7 Å². The molecule has 1 aliphatic rings. The van der Waals surface area contributed by atoms with Gasteiger partial charge in [-0.2, -0.15) is 0 Å². The van der Waals surface area contributed by atoms with Crippen LogP contribution in [0.5, 0.6) is 0 Å². The molecule has 2 rings (SSSR count). The molecule has 0 atom stereocenters. The van der Waals surface area contributed by atoms with Crippen LogP contribution in [0.1, 0.15) is 48.0 Å². The molecule has 0 saturated heterocycles. The van der Waals surface area contributed by atoms with Gasteiger partial charge in [0.1, 0.15) is 0 Å². The fourth-order valence-electron chi connectivity index (χ4n) is 2.45. The zero-order chi connectivity index (χ0) is 16.1. The van der Waals surface area contributed by atoms with Crippen molar-refractivity contribution < 1.29 is 24.6 Å². The number of rotatable bonds is 9. The number of aliphatic carboxylic acids is 2. The molecule has 1 saturated carbocycles. The quantitative estimate of drug-likeness (QED) is 0.416. The van der Waals surface area contributed by atoms with Gasteiger partial charge in [0.05, 0.1) is 0 Å². The van der Waals surface area contributed by atoms with Gasteiger partial charge in [0.25, 0.3) is 0 Å². The number of aryl methyl sites for hydroxylation is 1. The number of carboxylic acid groups (broad SMARTS) is 2. The number of carbonyl (C=O) groups is 3. The van der Waals surface area contributed by atoms with Gasteiger partial charge < -0.3 is 10.2 Å². The van der Waals surface area contributed by atoms with E-state index >= 15 is 0 Å². The molecule has 22 heavy (non-hydrogen) atoms. The van der Waals surface area contributed by atoms with Crippen LogP contribution in [0.3, 0.4) is 0 Å². The van der Waals surface area contributed by atoms with Gasteiger partial charge >= 0.3 is 11.9 Å². The van der Waals surface area contributed by atoms with Crippen LogP contribution < -0.4 is 0 Å². The van der Waals surface area contributed by atoms with Crippen LogP contribution in [0.15, 0.2) is 24.3 Å². The molecule has 0 unspecified atom stereocenters. The fourth-order valence-corrected chi connectivity index (χ4v) is 2.45. The van der Waals surface area contributed by atoms with Gasteiger partial charge in [-0.15, -0.1) is 0 Å². The van der Waals surface area contributed by atoms with Crippen molar-refractivity contribution in [2.45, 2.75) is 38.5 Å². The number of Topliss-reactive ketones (excluding diaryl/α,β-unsaturated/α-hetero) is 1. The highest BCUT2D eigenvalue weighted by Crippen LogP contribution is 2.32. The maximum atomic E-state index is 11.9. The molecule has 0 aliphatic heterocycles. The van der Waals surface area contributed by atoms with Crippen molar-refractivity contribution in [1.29, 1.82) is 0 Å². The second kappa shape index (κ2) is 7.20. The molecule has 1 aliphatic carbocycles. The fraction of sp³-hybridized carbons (Fsp3) is 0.471. The molecule has 2 N–H and O–H groups in total. The summed E-state index contributed by atoms with van der Waals surface area (Å²) in [4.78, 5) is 33.4. The third-order valence-corrected chi connectivity index (χ3v) is 3.99. The van der Waals surface area contributed by atoms with E-state index in [1.165, 1.54) is 0 Å². The van der Waals surface area contributed by atoms with Gasteiger partial charge in [-0.05, 0) is 37.7 Å². The van der Waals surface area contributed by atoms with Crippen LogP contribution in [0.4, 0.5) is 0 Å². The maximum absolute atomic E-state index is 11.9. The van der Waals surface area contributed by atoms with Crippen molar-refractivity contribution >= 4 is 17.7 Å². The van der Waals surface area contributed by atoms with Crippen LogP contribution in [0.2, 0.25) is 0 Å². The zero-order valence-corrected chi connectivity index (χ0v) is 12.3. The topological polar surface area (TPSA) is 91.7 Å². The van der Waals surface area contributed by atoms with Crippen LogP contribution >= 0.6 is 0 Å². The van der Waals surface area contributed by atoms with E-state index in [0.29, 0.717) is 6.42 Å². The number of ketones is 1. The Morgan fingerprint density at radius 1 is 1.00 bits per heavy atom. The van der Waals surface area contributed by atoms with Crippen LogP contribution in [0.25, 0.3) is 0 Å². The lowest BCUT2D eigenvalue weighted by atomic mass is 9.98. The van der Waals surface area contributed by atoms with Crippen molar-refractivity contribution in [3.05, 3.63) is 35.4 Å². The zero-order valence-electron chi connectivity index (χ0n) is 12.3. The molecule has 0 bridgehead atoms. The Morgan fingerprint density at radius 2 is 1.59 bits per heavy atom. The summed E-state index contributed by atoms with van der Waals surface area (Å²) in [5.41, 5.74) is 1.83. The first-order valence-corrected chi connectivity index (χ1v) is 7.58. The van der Waals surface area contributed by atoms with E-state index in [2.05, 4.69) is 0 Å². The lowest BCUT2D eigenvalue weighted by Gasteiger charge is -2.07. The molecule has 5 nitrogen and oxygen atoms in total. The molecule has 0 spiro atoms. The Bertz CT molecular complexity index is 543. The van der Waals surface area contributed by atoms with Gasteiger partial charge in [0, 0.05) is 11.5 Å². The van der Waals surface area contributed by atoms with E-state index in [4.69, 9.17) is 10.2 Å². The molecule has 0 heterocycles. The molecular weight excluding hydrogens is 284 g/mol. The molecular formula is C17H20O5. The first-order chi connectivity index (χ1) is 10.5. The van der Waals surface area contributed by atoms with Crippen molar-refractivity contribution in [1.82, 2.24) is 0 Å². The first kappa shape index (κ1) is 16.2. The van der Waals surface area contributed by atoms with Gasteiger partial charge in [0.15, 0.2) is 11.7 Å².